The van der Waals surface area contributed by atoms with Gasteiger partial charge in [-0.1, -0.05) is 54.0 Å². The van der Waals surface area contributed by atoms with Crippen LogP contribution in [0.1, 0.15) is 37.5 Å². The Bertz CT molecular complexity index is 997. The van der Waals surface area contributed by atoms with Crippen LogP contribution in [0, 0.1) is 17.2 Å². The Labute approximate surface area is 186 Å². The molecule has 2 aromatic rings. The lowest BCUT2D eigenvalue weighted by Gasteiger charge is -2.26. The number of hydrogen-bond acceptors (Lipinski definition) is 5. The molecular formula is C22H25BrN2O4S. The van der Waals surface area contributed by atoms with E-state index in [9.17, 15) is 13.2 Å². The average molecular weight is 493 g/mol. The van der Waals surface area contributed by atoms with Crippen LogP contribution in [0.15, 0.2) is 57.9 Å². The van der Waals surface area contributed by atoms with Gasteiger partial charge in [-0.05, 0) is 47.7 Å². The molecule has 0 unspecified atom stereocenters. The minimum Gasteiger partial charge on any atom is -0.356 e. The molecule has 0 bridgehead atoms. The number of carbonyl (C=O) groups is 1. The van der Waals surface area contributed by atoms with Gasteiger partial charge < -0.3 is 10.1 Å². The molecule has 0 saturated heterocycles. The highest BCUT2D eigenvalue weighted by Crippen LogP contribution is 2.30. The lowest BCUT2D eigenvalue weighted by atomic mass is 9.99. The van der Waals surface area contributed by atoms with E-state index in [0.29, 0.717) is 6.42 Å². The molecule has 30 heavy (non-hydrogen) atoms. The second kappa shape index (κ2) is 10.7. The van der Waals surface area contributed by atoms with Crippen molar-refractivity contribution < 1.29 is 17.9 Å². The van der Waals surface area contributed by atoms with Gasteiger partial charge in [-0.3, -0.25) is 4.79 Å². The predicted molar refractivity (Wildman–Crippen MR) is 118 cm³/mol. The number of hydrogen-bond donors (Lipinski definition) is 1. The second-order valence-corrected chi connectivity index (χ2v) is 10.3. The van der Waals surface area contributed by atoms with E-state index in [0.717, 1.165) is 21.9 Å². The Kier molecular flexibility index (Phi) is 8.59. The van der Waals surface area contributed by atoms with Crippen molar-refractivity contribution in [2.24, 2.45) is 5.92 Å². The third-order valence-electron chi connectivity index (χ3n) is 4.40. The topological polar surface area (TPSA) is 96.3 Å². The summed E-state index contributed by atoms with van der Waals surface area (Å²) in [5.74, 6) is -0.152. The third kappa shape index (κ3) is 6.94. The molecule has 2 aromatic carbocycles. The molecule has 0 saturated carbocycles. The van der Waals surface area contributed by atoms with Gasteiger partial charge in [0.25, 0.3) is 0 Å². The molecule has 160 valence electrons. The summed E-state index contributed by atoms with van der Waals surface area (Å²) in [5.41, 5.74) is 1.55. The van der Waals surface area contributed by atoms with Crippen molar-refractivity contribution >= 4 is 31.7 Å². The van der Waals surface area contributed by atoms with Crippen molar-refractivity contribution in [2.45, 2.75) is 37.4 Å². The molecule has 0 fully saturated rings. The molecule has 0 aromatic heterocycles. The van der Waals surface area contributed by atoms with Crippen molar-refractivity contribution in [1.82, 2.24) is 5.32 Å². The maximum atomic E-state index is 12.6. The van der Waals surface area contributed by atoms with Gasteiger partial charge in [-0.2, -0.15) is 5.26 Å². The van der Waals surface area contributed by atoms with Crippen molar-refractivity contribution in [2.75, 3.05) is 12.8 Å². The molecule has 8 heteroatoms. The number of nitriles is 1. The fraction of sp³-hybridized carbons (Fsp3) is 0.364. The zero-order chi connectivity index (χ0) is 22.3. The molecule has 6 nitrogen and oxygen atoms in total. The number of benzene rings is 2. The van der Waals surface area contributed by atoms with Gasteiger partial charge >= 0.3 is 0 Å². The number of ether oxygens (including phenoxy) is 1. The minimum absolute atomic E-state index is 0.0944. The van der Waals surface area contributed by atoms with E-state index in [2.05, 4.69) is 21.2 Å². The van der Waals surface area contributed by atoms with Crippen LogP contribution in [0.5, 0.6) is 0 Å². The van der Waals surface area contributed by atoms with Crippen molar-refractivity contribution in [3.05, 3.63) is 64.1 Å². The van der Waals surface area contributed by atoms with Crippen molar-refractivity contribution in [1.29, 1.82) is 5.26 Å². The van der Waals surface area contributed by atoms with Crippen LogP contribution in [0.3, 0.4) is 0 Å². The fourth-order valence-corrected chi connectivity index (χ4v) is 3.83. The second-order valence-electron chi connectivity index (χ2n) is 7.40. The lowest BCUT2D eigenvalue weighted by molar-refractivity contribution is -0.136. The summed E-state index contributed by atoms with van der Waals surface area (Å²) in [5, 5.41) is 11.3. The number of sulfone groups is 1. The first-order chi connectivity index (χ1) is 14.1. The zero-order valence-corrected chi connectivity index (χ0v) is 19.5. The van der Waals surface area contributed by atoms with Gasteiger partial charge in [-0.25, -0.2) is 8.42 Å². The molecule has 0 aliphatic rings. The fourth-order valence-electron chi connectivity index (χ4n) is 2.93. The zero-order valence-electron chi connectivity index (χ0n) is 17.1. The monoisotopic (exact) mass is 492 g/mol. The largest absolute Gasteiger partial charge is 0.356 e. The normalized spacial score (nSPS) is 13.5. The number of amides is 1. The van der Waals surface area contributed by atoms with Crippen LogP contribution in [-0.4, -0.2) is 33.2 Å². The molecule has 1 N–H and O–H groups in total. The molecule has 0 heterocycles. The summed E-state index contributed by atoms with van der Waals surface area (Å²) in [4.78, 5) is 12.8. The minimum atomic E-state index is -3.32. The predicted octanol–water partition coefficient (Wildman–Crippen LogP) is 4.01. The number of nitrogens with zero attached hydrogens (tertiary/aromatic N) is 1. The lowest BCUT2D eigenvalue weighted by Crippen LogP contribution is -2.38. The van der Waals surface area contributed by atoms with E-state index in [-0.39, 0.29) is 23.3 Å². The van der Waals surface area contributed by atoms with Gasteiger partial charge in [0.05, 0.1) is 11.0 Å². The molecule has 2 rings (SSSR count). The summed E-state index contributed by atoms with van der Waals surface area (Å²) < 4.78 is 30.8. The molecule has 0 aliphatic heterocycles. The average Bonchev–Trinajstić information content (AvgIpc) is 2.69. The van der Waals surface area contributed by atoms with E-state index in [4.69, 9.17) is 10.00 Å². The third-order valence-corrected chi connectivity index (χ3v) is 6.06. The SMILES string of the molecule is CC(C)C[C@H](O[C@@H](c1ccc(Br)cc1)c1ccc(S(C)(=O)=O)cc1)C(=O)NCC#N. The smallest absolute Gasteiger partial charge is 0.250 e. The number of carbonyl (C=O) groups excluding carboxylic acids is 1. The van der Waals surface area contributed by atoms with Crippen LogP contribution in [0.4, 0.5) is 0 Å². The van der Waals surface area contributed by atoms with E-state index in [1.807, 2.05) is 44.2 Å². The number of rotatable bonds is 9. The Balaban J connectivity index is 2.42. The van der Waals surface area contributed by atoms with Gasteiger partial charge in [0.15, 0.2) is 9.84 Å². The number of nitrogens with one attached hydrogen (secondary N) is 1. The molecule has 1 amide bonds. The van der Waals surface area contributed by atoms with Gasteiger partial charge in [0, 0.05) is 10.7 Å². The Hall–Kier alpha value is -2.21. The molecular weight excluding hydrogens is 468 g/mol. The van der Waals surface area contributed by atoms with Crippen LogP contribution in [0.2, 0.25) is 0 Å². The van der Waals surface area contributed by atoms with E-state index in [1.165, 1.54) is 12.1 Å². The summed E-state index contributed by atoms with van der Waals surface area (Å²) in [7, 11) is -3.32. The first kappa shape index (κ1) is 24.1. The Morgan fingerprint density at radius 1 is 1.10 bits per heavy atom. The van der Waals surface area contributed by atoms with Crippen molar-refractivity contribution in [3.8, 4) is 6.07 Å². The summed E-state index contributed by atoms with van der Waals surface area (Å²) in [6, 6.07) is 15.9. The van der Waals surface area contributed by atoms with E-state index < -0.39 is 22.0 Å². The summed E-state index contributed by atoms with van der Waals surface area (Å²) >= 11 is 3.42. The van der Waals surface area contributed by atoms with Gasteiger partial charge in [0.1, 0.15) is 18.8 Å². The van der Waals surface area contributed by atoms with Gasteiger partial charge in [-0.15, -0.1) is 0 Å². The molecule has 0 radical (unpaired) electrons. The highest BCUT2D eigenvalue weighted by Gasteiger charge is 2.26. The Morgan fingerprint density at radius 3 is 2.10 bits per heavy atom. The Morgan fingerprint density at radius 2 is 1.63 bits per heavy atom. The highest BCUT2D eigenvalue weighted by atomic mass is 79.9. The quantitative estimate of drug-likeness (QED) is 0.533. The van der Waals surface area contributed by atoms with E-state index in [1.54, 1.807) is 12.1 Å². The van der Waals surface area contributed by atoms with Gasteiger partial charge in [0.2, 0.25) is 5.91 Å². The maximum absolute atomic E-state index is 12.6. The van der Waals surface area contributed by atoms with Crippen LogP contribution in [-0.2, 0) is 19.4 Å². The van der Waals surface area contributed by atoms with E-state index >= 15 is 0 Å². The first-order valence-electron chi connectivity index (χ1n) is 9.47. The van der Waals surface area contributed by atoms with Crippen molar-refractivity contribution in [3.63, 3.8) is 0 Å². The number of halogens is 1. The van der Waals surface area contributed by atoms with Crippen LogP contribution >= 0.6 is 15.9 Å². The van der Waals surface area contributed by atoms with Crippen LogP contribution < -0.4 is 5.32 Å². The maximum Gasteiger partial charge on any atom is 0.250 e. The van der Waals surface area contributed by atoms with Crippen LogP contribution in [0.25, 0.3) is 0 Å². The first-order valence-corrected chi connectivity index (χ1v) is 12.2. The molecule has 2 atom stereocenters. The highest BCUT2D eigenvalue weighted by molar-refractivity contribution is 9.10. The summed E-state index contributed by atoms with van der Waals surface area (Å²) in [6.07, 6.45) is 0.291. The molecule has 0 aliphatic carbocycles. The standard InChI is InChI=1S/C22H25BrN2O4S/c1-15(2)14-20(22(26)25-13-12-24)29-21(16-4-8-18(23)9-5-16)17-6-10-19(11-7-17)30(3,27)28/h4-11,15,20-21H,13-14H2,1-3H3,(H,25,26)/t20-,21-/m0/s1. The molecule has 0 spiro atoms. The summed E-state index contributed by atoms with van der Waals surface area (Å²) in [6.45, 7) is 3.88.